The molecule has 0 bridgehead atoms. The summed E-state index contributed by atoms with van der Waals surface area (Å²) in [5.74, 6) is 0.725. The Labute approximate surface area is 124 Å². The molecule has 116 valence electrons. The third-order valence-electron chi connectivity index (χ3n) is 2.79. The van der Waals surface area contributed by atoms with Gasteiger partial charge in [-0.25, -0.2) is 4.98 Å². The van der Waals surface area contributed by atoms with Crippen molar-refractivity contribution >= 4 is 11.8 Å². The first-order valence-electron chi connectivity index (χ1n) is 6.11. The molecule has 21 heavy (non-hydrogen) atoms. The van der Waals surface area contributed by atoms with Gasteiger partial charge in [-0.05, 0) is 14.0 Å². The first-order chi connectivity index (χ1) is 9.74. The van der Waals surface area contributed by atoms with E-state index in [0.717, 1.165) is 11.5 Å². The van der Waals surface area contributed by atoms with E-state index in [-0.39, 0.29) is 16.9 Å². The Morgan fingerprint density at radius 1 is 1.38 bits per heavy atom. The van der Waals surface area contributed by atoms with Crippen molar-refractivity contribution in [1.82, 2.24) is 19.6 Å². The zero-order valence-corrected chi connectivity index (χ0v) is 12.6. The second kappa shape index (κ2) is 6.10. The van der Waals surface area contributed by atoms with Crippen LogP contribution in [0.15, 0.2) is 21.9 Å². The maximum absolute atomic E-state index is 12.4. The highest BCUT2D eigenvalue weighted by Crippen LogP contribution is 2.36. The Kier molecular flexibility index (Phi) is 4.62. The summed E-state index contributed by atoms with van der Waals surface area (Å²) in [6.07, 6.45) is 1.46. The summed E-state index contributed by atoms with van der Waals surface area (Å²) < 4.78 is 43.5. The van der Waals surface area contributed by atoms with Crippen molar-refractivity contribution < 1.29 is 17.7 Å². The monoisotopic (exact) mass is 320 g/mol. The molecular formula is C12H15F3N4OS. The second-order valence-electron chi connectivity index (χ2n) is 4.74. The standard InChI is InChI=1S/C12H15F3N4OS/c1-8-4-9(17-20-8)6-18(2)7-10-5-16-11(19(10)3)21-12(13,14)15/h4-5H,6-7H2,1-3H3. The van der Waals surface area contributed by atoms with Crippen molar-refractivity contribution in [3.05, 3.63) is 29.4 Å². The molecule has 0 spiro atoms. The van der Waals surface area contributed by atoms with Crippen LogP contribution in [0.2, 0.25) is 0 Å². The van der Waals surface area contributed by atoms with E-state index < -0.39 is 5.51 Å². The van der Waals surface area contributed by atoms with Crippen molar-refractivity contribution in [2.24, 2.45) is 7.05 Å². The van der Waals surface area contributed by atoms with E-state index in [2.05, 4.69) is 10.1 Å². The van der Waals surface area contributed by atoms with Gasteiger partial charge in [0.15, 0.2) is 5.16 Å². The summed E-state index contributed by atoms with van der Waals surface area (Å²) in [7, 11) is 3.43. The molecule has 0 aliphatic rings. The van der Waals surface area contributed by atoms with Crippen LogP contribution in [0.1, 0.15) is 17.1 Å². The van der Waals surface area contributed by atoms with Crippen molar-refractivity contribution in [2.75, 3.05) is 7.05 Å². The summed E-state index contributed by atoms with van der Waals surface area (Å²) in [4.78, 5) is 5.74. The van der Waals surface area contributed by atoms with E-state index in [1.54, 1.807) is 14.0 Å². The molecule has 2 aromatic heterocycles. The summed E-state index contributed by atoms with van der Waals surface area (Å²) in [5, 5.41) is 3.82. The molecule has 0 fully saturated rings. The quantitative estimate of drug-likeness (QED) is 0.793. The zero-order valence-electron chi connectivity index (χ0n) is 11.8. The fourth-order valence-corrected chi connectivity index (χ4v) is 2.44. The van der Waals surface area contributed by atoms with Crippen LogP contribution in [0.25, 0.3) is 0 Å². The summed E-state index contributed by atoms with van der Waals surface area (Å²) >= 11 is -0.211. The topological polar surface area (TPSA) is 47.1 Å². The Hall–Kier alpha value is -1.48. The molecule has 2 rings (SSSR count). The minimum absolute atomic E-state index is 0.0665. The highest BCUT2D eigenvalue weighted by molar-refractivity contribution is 8.00. The van der Waals surface area contributed by atoms with Gasteiger partial charge in [-0.15, -0.1) is 0 Å². The molecule has 0 radical (unpaired) electrons. The Bertz CT molecular complexity index is 608. The lowest BCUT2D eigenvalue weighted by Gasteiger charge is -2.15. The average molecular weight is 320 g/mol. The maximum Gasteiger partial charge on any atom is 0.449 e. The SMILES string of the molecule is Cc1cc(CN(C)Cc2cnc(SC(F)(F)F)n2C)no1. The predicted molar refractivity (Wildman–Crippen MR) is 71.5 cm³/mol. The number of rotatable bonds is 5. The van der Waals surface area contributed by atoms with E-state index in [1.807, 2.05) is 18.0 Å². The molecule has 0 aliphatic heterocycles. The fourth-order valence-electron chi connectivity index (χ4n) is 1.87. The van der Waals surface area contributed by atoms with Crippen LogP contribution >= 0.6 is 11.8 Å². The number of halogens is 3. The molecule has 5 nitrogen and oxygen atoms in total. The van der Waals surface area contributed by atoms with Crippen LogP contribution in [-0.4, -0.2) is 32.2 Å². The summed E-state index contributed by atoms with van der Waals surface area (Å²) in [6.45, 7) is 2.82. The number of aromatic nitrogens is 3. The third-order valence-corrected chi connectivity index (χ3v) is 3.58. The Morgan fingerprint density at radius 2 is 2.10 bits per heavy atom. The highest BCUT2D eigenvalue weighted by atomic mass is 32.2. The average Bonchev–Trinajstić information content (AvgIpc) is 2.88. The van der Waals surface area contributed by atoms with Gasteiger partial charge < -0.3 is 9.09 Å². The van der Waals surface area contributed by atoms with Gasteiger partial charge in [-0.3, -0.25) is 4.90 Å². The van der Waals surface area contributed by atoms with Gasteiger partial charge in [-0.1, -0.05) is 5.16 Å². The molecular weight excluding hydrogens is 305 g/mol. The first-order valence-corrected chi connectivity index (χ1v) is 6.93. The van der Waals surface area contributed by atoms with E-state index in [1.165, 1.54) is 10.8 Å². The lowest BCUT2D eigenvalue weighted by atomic mass is 10.3. The number of alkyl halides is 3. The molecule has 2 aromatic rings. The van der Waals surface area contributed by atoms with Gasteiger partial charge in [0.25, 0.3) is 0 Å². The number of hydrogen-bond donors (Lipinski definition) is 0. The third kappa shape index (κ3) is 4.50. The van der Waals surface area contributed by atoms with Crippen LogP contribution in [0, 0.1) is 6.92 Å². The van der Waals surface area contributed by atoms with E-state index in [0.29, 0.717) is 18.8 Å². The molecule has 0 atom stereocenters. The van der Waals surface area contributed by atoms with Crippen LogP contribution < -0.4 is 0 Å². The molecule has 0 unspecified atom stereocenters. The minimum Gasteiger partial charge on any atom is -0.361 e. The molecule has 0 amide bonds. The molecule has 0 aromatic carbocycles. The largest absolute Gasteiger partial charge is 0.449 e. The van der Waals surface area contributed by atoms with E-state index in [9.17, 15) is 13.2 Å². The molecule has 2 heterocycles. The van der Waals surface area contributed by atoms with Crippen molar-refractivity contribution in [3.8, 4) is 0 Å². The Morgan fingerprint density at radius 3 is 2.67 bits per heavy atom. The van der Waals surface area contributed by atoms with Crippen molar-refractivity contribution in [1.29, 1.82) is 0 Å². The normalized spacial score (nSPS) is 12.3. The molecule has 0 N–H and O–H groups in total. The molecule has 0 aliphatic carbocycles. The Balaban J connectivity index is 1.99. The number of nitrogens with zero attached hydrogens (tertiary/aromatic N) is 4. The maximum atomic E-state index is 12.4. The minimum atomic E-state index is -4.33. The summed E-state index contributed by atoms with van der Waals surface area (Å²) in [5.41, 5.74) is -2.85. The van der Waals surface area contributed by atoms with Crippen LogP contribution in [0.3, 0.4) is 0 Å². The van der Waals surface area contributed by atoms with Gasteiger partial charge in [0.2, 0.25) is 0 Å². The first kappa shape index (κ1) is 15.9. The van der Waals surface area contributed by atoms with Crippen molar-refractivity contribution in [2.45, 2.75) is 30.7 Å². The van der Waals surface area contributed by atoms with E-state index >= 15 is 0 Å². The van der Waals surface area contributed by atoms with Gasteiger partial charge in [0.05, 0.1) is 17.6 Å². The number of aryl methyl sites for hydroxylation is 1. The number of hydrogen-bond acceptors (Lipinski definition) is 5. The fraction of sp³-hybridized carbons (Fsp3) is 0.500. The van der Waals surface area contributed by atoms with Crippen molar-refractivity contribution in [3.63, 3.8) is 0 Å². The lowest BCUT2D eigenvalue weighted by molar-refractivity contribution is -0.0332. The molecule has 0 saturated carbocycles. The van der Waals surface area contributed by atoms with Gasteiger partial charge in [-0.2, -0.15) is 13.2 Å². The number of imidazole rings is 1. The lowest BCUT2D eigenvalue weighted by Crippen LogP contribution is -2.19. The van der Waals surface area contributed by atoms with Crippen LogP contribution in [0.5, 0.6) is 0 Å². The number of thioether (sulfide) groups is 1. The molecule has 0 saturated heterocycles. The smallest absolute Gasteiger partial charge is 0.361 e. The van der Waals surface area contributed by atoms with Gasteiger partial charge in [0, 0.05) is 38.0 Å². The van der Waals surface area contributed by atoms with Gasteiger partial charge >= 0.3 is 5.51 Å². The summed E-state index contributed by atoms with van der Waals surface area (Å²) in [6, 6.07) is 1.82. The molecule has 9 heteroatoms. The highest BCUT2D eigenvalue weighted by Gasteiger charge is 2.31. The van der Waals surface area contributed by atoms with Gasteiger partial charge in [0.1, 0.15) is 5.76 Å². The van der Waals surface area contributed by atoms with E-state index in [4.69, 9.17) is 4.52 Å². The van der Waals surface area contributed by atoms with Crippen LogP contribution in [-0.2, 0) is 20.1 Å². The van der Waals surface area contributed by atoms with Crippen LogP contribution in [0.4, 0.5) is 13.2 Å². The predicted octanol–water partition coefficient (Wildman–Crippen LogP) is 2.96. The zero-order chi connectivity index (χ0) is 15.6. The second-order valence-corrected chi connectivity index (χ2v) is 5.77.